The Morgan fingerprint density at radius 1 is 1.04 bits per heavy atom. The molecule has 0 bridgehead atoms. The van der Waals surface area contributed by atoms with Gasteiger partial charge in [0.05, 0.1) is 17.5 Å². The van der Waals surface area contributed by atoms with Gasteiger partial charge >= 0.3 is 0 Å². The van der Waals surface area contributed by atoms with Gasteiger partial charge in [-0.15, -0.1) is 5.10 Å². The van der Waals surface area contributed by atoms with Crippen LogP contribution in [0.25, 0.3) is 5.69 Å². The molecule has 0 radical (unpaired) electrons. The summed E-state index contributed by atoms with van der Waals surface area (Å²) in [4.78, 5) is 0. The molecule has 5 nitrogen and oxygen atoms in total. The largest absolute Gasteiger partial charge is 0.506 e. The molecular weight excluding hydrogens is 314 g/mol. The summed E-state index contributed by atoms with van der Waals surface area (Å²) in [6.45, 7) is 7.77. The molecule has 0 aliphatic heterocycles. The lowest BCUT2D eigenvalue weighted by atomic mass is 9.87. The Bertz CT molecular complexity index is 913. The van der Waals surface area contributed by atoms with Crippen molar-refractivity contribution in [2.45, 2.75) is 39.7 Å². The molecule has 1 unspecified atom stereocenters. The van der Waals surface area contributed by atoms with Crippen molar-refractivity contribution >= 4 is 0 Å². The first-order chi connectivity index (χ1) is 11.8. The Labute approximate surface area is 147 Å². The summed E-state index contributed by atoms with van der Waals surface area (Å²) in [6, 6.07) is 11.3. The van der Waals surface area contributed by atoms with E-state index in [9.17, 15) is 10.2 Å². The van der Waals surface area contributed by atoms with E-state index in [0.29, 0.717) is 17.8 Å². The standard InChI is InChI=1S/C20H23N3O2/c1-13-5-7-17(15(3)9-13)20(4,25)11-16-12-23(22-21-16)18-10-14(2)6-8-19(18)24/h5-10,12,24-25H,11H2,1-4H3. The van der Waals surface area contributed by atoms with Gasteiger partial charge in [0.2, 0.25) is 0 Å². The van der Waals surface area contributed by atoms with E-state index in [4.69, 9.17) is 0 Å². The zero-order chi connectivity index (χ0) is 18.2. The van der Waals surface area contributed by atoms with E-state index in [1.54, 1.807) is 19.2 Å². The summed E-state index contributed by atoms with van der Waals surface area (Å²) in [5, 5.41) is 29.3. The minimum Gasteiger partial charge on any atom is -0.506 e. The predicted octanol–water partition coefficient (Wildman–Crippen LogP) is 3.35. The van der Waals surface area contributed by atoms with Crippen LogP contribution in [0.1, 0.15) is 34.9 Å². The van der Waals surface area contributed by atoms with Gasteiger partial charge in [0, 0.05) is 6.42 Å². The molecule has 0 aliphatic carbocycles. The average molecular weight is 337 g/mol. The second-order valence-electron chi connectivity index (χ2n) is 6.92. The van der Waals surface area contributed by atoms with Crippen molar-refractivity contribution in [3.63, 3.8) is 0 Å². The third kappa shape index (κ3) is 3.56. The smallest absolute Gasteiger partial charge is 0.141 e. The number of hydrogen-bond acceptors (Lipinski definition) is 4. The van der Waals surface area contributed by atoms with Gasteiger partial charge in [-0.05, 0) is 56.5 Å². The lowest BCUT2D eigenvalue weighted by Gasteiger charge is -2.25. The maximum Gasteiger partial charge on any atom is 0.141 e. The van der Waals surface area contributed by atoms with Crippen molar-refractivity contribution in [3.8, 4) is 11.4 Å². The van der Waals surface area contributed by atoms with Crippen molar-refractivity contribution in [1.82, 2.24) is 15.0 Å². The van der Waals surface area contributed by atoms with Crippen LogP contribution in [0, 0.1) is 20.8 Å². The summed E-state index contributed by atoms with van der Waals surface area (Å²) < 4.78 is 1.54. The van der Waals surface area contributed by atoms with Gasteiger partial charge < -0.3 is 10.2 Å². The molecule has 2 N–H and O–H groups in total. The number of nitrogens with zero attached hydrogens (tertiary/aromatic N) is 3. The SMILES string of the molecule is Cc1ccc(C(C)(O)Cc2cn(-c3cc(C)ccc3O)nn2)c(C)c1. The summed E-state index contributed by atoms with van der Waals surface area (Å²) in [7, 11) is 0. The van der Waals surface area contributed by atoms with Crippen molar-refractivity contribution in [3.05, 3.63) is 70.5 Å². The average Bonchev–Trinajstić information content (AvgIpc) is 2.96. The quantitative estimate of drug-likeness (QED) is 0.766. The van der Waals surface area contributed by atoms with Gasteiger partial charge in [0.15, 0.2) is 0 Å². The van der Waals surface area contributed by atoms with Crippen molar-refractivity contribution < 1.29 is 10.2 Å². The first-order valence-electron chi connectivity index (χ1n) is 8.27. The highest BCUT2D eigenvalue weighted by atomic mass is 16.3. The number of aryl methyl sites for hydroxylation is 3. The first-order valence-corrected chi connectivity index (χ1v) is 8.27. The molecule has 1 atom stereocenters. The van der Waals surface area contributed by atoms with Crippen LogP contribution in [-0.4, -0.2) is 25.2 Å². The fourth-order valence-corrected chi connectivity index (χ4v) is 3.18. The number of phenols is 1. The topological polar surface area (TPSA) is 71.2 Å². The highest BCUT2D eigenvalue weighted by Gasteiger charge is 2.27. The van der Waals surface area contributed by atoms with Crippen LogP contribution in [0.2, 0.25) is 0 Å². The van der Waals surface area contributed by atoms with E-state index in [0.717, 1.165) is 22.3 Å². The number of aromatic hydroxyl groups is 1. The monoisotopic (exact) mass is 337 g/mol. The van der Waals surface area contributed by atoms with E-state index in [-0.39, 0.29) is 5.75 Å². The number of benzene rings is 2. The molecule has 0 fully saturated rings. The highest BCUT2D eigenvalue weighted by molar-refractivity contribution is 5.47. The van der Waals surface area contributed by atoms with Crippen LogP contribution in [0.4, 0.5) is 0 Å². The molecule has 1 heterocycles. The Kier molecular flexibility index (Phi) is 4.35. The van der Waals surface area contributed by atoms with Crippen LogP contribution >= 0.6 is 0 Å². The van der Waals surface area contributed by atoms with Crippen molar-refractivity contribution in [2.24, 2.45) is 0 Å². The Hall–Kier alpha value is -2.66. The van der Waals surface area contributed by atoms with Gasteiger partial charge in [0.25, 0.3) is 0 Å². The van der Waals surface area contributed by atoms with Crippen LogP contribution in [-0.2, 0) is 12.0 Å². The van der Waals surface area contributed by atoms with Crippen molar-refractivity contribution in [2.75, 3.05) is 0 Å². The Morgan fingerprint density at radius 3 is 2.44 bits per heavy atom. The number of rotatable bonds is 4. The molecule has 5 heteroatoms. The van der Waals surface area contributed by atoms with Gasteiger partial charge in [-0.3, -0.25) is 0 Å². The van der Waals surface area contributed by atoms with Gasteiger partial charge in [-0.2, -0.15) is 0 Å². The maximum absolute atomic E-state index is 11.0. The minimum absolute atomic E-state index is 0.142. The molecule has 3 aromatic rings. The number of phenolic OH excluding ortho intramolecular Hbond substituents is 1. The van der Waals surface area contributed by atoms with Crippen LogP contribution < -0.4 is 0 Å². The van der Waals surface area contributed by atoms with Crippen molar-refractivity contribution in [1.29, 1.82) is 0 Å². The lowest BCUT2D eigenvalue weighted by molar-refractivity contribution is 0.0559. The molecule has 0 amide bonds. The van der Waals surface area contributed by atoms with Crippen LogP contribution in [0.3, 0.4) is 0 Å². The number of aromatic nitrogens is 3. The third-order valence-corrected chi connectivity index (χ3v) is 4.41. The predicted molar refractivity (Wildman–Crippen MR) is 97.0 cm³/mol. The van der Waals surface area contributed by atoms with Gasteiger partial charge in [-0.25, -0.2) is 4.68 Å². The first kappa shape index (κ1) is 17.2. The molecule has 2 aromatic carbocycles. The lowest BCUT2D eigenvalue weighted by Crippen LogP contribution is -2.25. The minimum atomic E-state index is -1.05. The van der Waals surface area contributed by atoms with E-state index < -0.39 is 5.60 Å². The van der Waals surface area contributed by atoms with E-state index >= 15 is 0 Å². The number of aliphatic hydroxyl groups is 1. The summed E-state index contributed by atoms with van der Waals surface area (Å²) in [6.07, 6.45) is 2.08. The fourth-order valence-electron chi connectivity index (χ4n) is 3.18. The third-order valence-electron chi connectivity index (χ3n) is 4.41. The van der Waals surface area contributed by atoms with Crippen LogP contribution in [0.15, 0.2) is 42.6 Å². The molecule has 25 heavy (non-hydrogen) atoms. The normalized spacial score (nSPS) is 13.6. The number of hydrogen-bond donors (Lipinski definition) is 2. The molecule has 0 aliphatic rings. The second kappa shape index (κ2) is 6.33. The molecule has 130 valence electrons. The summed E-state index contributed by atoms with van der Waals surface area (Å²) in [5.41, 5.74) is 4.30. The zero-order valence-corrected chi connectivity index (χ0v) is 15.0. The van der Waals surface area contributed by atoms with Gasteiger partial charge in [0.1, 0.15) is 11.4 Å². The molecule has 0 saturated heterocycles. The molecule has 3 rings (SSSR count). The highest BCUT2D eigenvalue weighted by Crippen LogP contribution is 2.29. The Morgan fingerprint density at radius 2 is 1.72 bits per heavy atom. The van der Waals surface area contributed by atoms with Crippen LogP contribution in [0.5, 0.6) is 5.75 Å². The zero-order valence-electron chi connectivity index (χ0n) is 15.0. The summed E-state index contributed by atoms with van der Waals surface area (Å²) >= 11 is 0. The molecule has 1 aromatic heterocycles. The van der Waals surface area contributed by atoms with E-state index in [2.05, 4.69) is 16.4 Å². The van der Waals surface area contributed by atoms with E-state index in [1.807, 2.05) is 45.0 Å². The fraction of sp³-hybridized carbons (Fsp3) is 0.300. The van der Waals surface area contributed by atoms with E-state index in [1.165, 1.54) is 4.68 Å². The second-order valence-corrected chi connectivity index (χ2v) is 6.92. The Balaban J connectivity index is 1.89. The van der Waals surface area contributed by atoms with Gasteiger partial charge in [-0.1, -0.05) is 35.0 Å². The maximum atomic E-state index is 11.0. The summed E-state index contributed by atoms with van der Waals surface area (Å²) in [5.74, 6) is 0.142. The molecular formula is C20H23N3O2. The molecule has 0 spiro atoms. The molecule has 0 saturated carbocycles.